The van der Waals surface area contributed by atoms with Crippen LogP contribution in [0.3, 0.4) is 0 Å². The van der Waals surface area contributed by atoms with Crippen LogP contribution < -0.4 is 5.32 Å². The largest absolute Gasteiger partial charge is 0.480 e. The Bertz CT molecular complexity index is 243. The second-order valence-corrected chi connectivity index (χ2v) is 4.02. The molecule has 16 heavy (non-hydrogen) atoms. The molecule has 1 heterocycles. The average Bonchev–Trinajstić information content (AvgIpc) is 2.29. The summed E-state index contributed by atoms with van der Waals surface area (Å²) in [5, 5.41) is 15.7. The van der Waals surface area contributed by atoms with E-state index in [1.54, 1.807) is 6.21 Å². The minimum Gasteiger partial charge on any atom is -0.480 e. The normalized spacial score (nSPS) is 25.8. The number of carboxylic acids is 1. The molecule has 1 aliphatic rings. The second kappa shape index (κ2) is 7.22. The summed E-state index contributed by atoms with van der Waals surface area (Å²) in [5.74, 6) is -0.261. The van der Waals surface area contributed by atoms with Gasteiger partial charge in [-0.15, -0.1) is 0 Å². The summed E-state index contributed by atoms with van der Waals surface area (Å²) < 4.78 is 0. The molecule has 5 heteroatoms. The van der Waals surface area contributed by atoms with Gasteiger partial charge in [0.15, 0.2) is 0 Å². The van der Waals surface area contributed by atoms with Crippen LogP contribution in [0.15, 0.2) is 5.16 Å². The quantitative estimate of drug-likeness (QED) is 0.530. The van der Waals surface area contributed by atoms with Crippen molar-refractivity contribution in [1.82, 2.24) is 5.32 Å². The zero-order valence-electron chi connectivity index (χ0n) is 9.69. The summed E-state index contributed by atoms with van der Waals surface area (Å²) >= 11 is 0. The van der Waals surface area contributed by atoms with Gasteiger partial charge in [0.05, 0.1) is 0 Å². The zero-order valence-corrected chi connectivity index (χ0v) is 9.69. The van der Waals surface area contributed by atoms with Gasteiger partial charge in [-0.2, -0.15) is 0 Å². The molecule has 2 N–H and O–H groups in total. The fourth-order valence-corrected chi connectivity index (χ4v) is 1.94. The third kappa shape index (κ3) is 4.61. The first-order valence-electron chi connectivity index (χ1n) is 5.84. The van der Waals surface area contributed by atoms with Gasteiger partial charge in [0.25, 0.3) is 0 Å². The second-order valence-electron chi connectivity index (χ2n) is 4.02. The van der Waals surface area contributed by atoms with Gasteiger partial charge < -0.3 is 15.3 Å². The van der Waals surface area contributed by atoms with E-state index in [1.165, 1.54) is 0 Å². The Hall–Kier alpha value is -1.10. The Kier molecular flexibility index (Phi) is 5.85. The lowest BCUT2D eigenvalue weighted by molar-refractivity contribution is -0.140. The highest BCUT2D eigenvalue weighted by Crippen LogP contribution is 2.20. The molecule has 0 radical (unpaired) electrons. The summed E-state index contributed by atoms with van der Waals surface area (Å²) in [5.41, 5.74) is 0. The van der Waals surface area contributed by atoms with Crippen molar-refractivity contribution in [3.05, 3.63) is 0 Å². The third-order valence-electron chi connectivity index (χ3n) is 2.79. The van der Waals surface area contributed by atoms with Gasteiger partial charge in [-0.3, -0.25) is 4.79 Å². The number of hydrogen-bond acceptors (Lipinski definition) is 4. The van der Waals surface area contributed by atoms with Crippen LogP contribution in [-0.4, -0.2) is 36.5 Å². The van der Waals surface area contributed by atoms with E-state index in [-0.39, 0.29) is 6.04 Å². The molecule has 1 fully saturated rings. The molecule has 0 spiro atoms. The topological polar surface area (TPSA) is 70.9 Å². The molecule has 2 unspecified atom stereocenters. The average molecular weight is 228 g/mol. The third-order valence-corrected chi connectivity index (χ3v) is 2.79. The molecule has 1 saturated heterocycles. The number of oxime groups is 1. The molecule has 2 atom stereocenters. The molecular weight excluding hydrogens is 208 g/mol. The van der Waals surface area contributed by atoms with Crippen molar-refractivity contribution in [2.45, 2.75) is 38.6 Å². The minimum atomic E-state index is -0.743. The standard InChI is InChI=1S/C11H20N2O3/c1-2-16-13-6-3-4-9-5-7-12-10(8-9)11(14)15/h6,9-10,12H,2-5,7-8H2,1H3,(H,14,15). The van der Waals surface area contributed by atoms with Gasteiger partial charge in [0.1, 0.15) is 12.6 Å². The minimum absolute atomic E-state index is 0.373. The van der Waals surface area contributed by atoms with Crippen molar-refractivity contribution in [2.75, 3.05) is 13.2 Å². The van der Waals surface area contributed by atoms with Crippen LogP contribution in [0.5, 0.6) is 0 Å². The number of nitrogens with one attached hydrogen (secondary N) is 1. The lowest BCUT2D eigenvalue weighted by Crippen LogP contribution is -2.43. The number of piperidine rings is 1. The van der Waals surface area contributed by atoms with Crippen LogP contribution in [-0.2, 0) is 9.63 Å². The Morgan fingerprint density at radius 2 is 2.50 bits per heavy atom. The molecule has 92 valence electrons. The maximum atomic E-state index is 10.8. The summed E-state index contributed by atoms with van der Waals surface area (Å²) in [6.07, 6.45) is 5.38. The van der Waals surface area contributed by atoms with Crippen LogP contribution in [0, 0.1) is 5.92 Å². The van der Waals surface area contributed by atoms with Gasteiger partial charge in [0, 0.05) is 6.21 Å². The van der Waals surface area contributed by atoms with Crippen LogP contribution in [0.1, 0.15) is 32.6 Å². The zero-order chi connectivity index (χ0) is 11.8. The van der Waals surface area contributed by atoms with E-state index in [9.17, 15) is 4.79 Å². The first-order valence-corrected chi connectivity index (χ1v) is 5.84. The van der Waals surface area contributed by atoms with Crippen LogP contribution in [0.4, 0.5) is 0 Å². The summed E-state index contributed by atoms with van der Waals surface area (Å²) in [7, 11) is 0. The predicted octanol–water partition coefficient (Wildman–Crippen LogP) is 1.24. The van der Waals surface area contributed by atoms with Crippen LogP contribution >= 0.6 is 0 Å². The summed E-state index contributed by atoms with van der Waals surface area (Å²) in [6, 6.07) is -0.373. The van der Waals surface area contributed by atoms with Gasteiger partial charge >= 0.3 is 5.97 Å². The fraction of sp³-hybridized carbons (Fsp3) is 0.818. The molecule has 0 aromatic heterocycles. The number of carboxylic acid groups (broad SMARTS) is 1. The van der Waals surface area contributed by atoms with Crippen LogP contribution in [0.25, 0.3) is 0 Å². The number of hydrogen-bond donors (Lipinski definition) is 2. The Balaban J connectivity index is 2.19. The molecule has 1 rings (SSSR count). The van der Waals surface area contributed by atoms with E-state index < -0.39 is 5.97 Å². The van der Waals surface area contributed by atoms with E-state index in [4.69, 9.17) is 9.94 Å². The van der Waals surface area contributed by atoms with E-state index in [0.717, 1.165) is 32.2 Å². The van der Waals surface area contributed by atoms with Gasteiger partial charge in [-0.25, -0.2) is 0 Å². The van der Waals surface area contributed by atoms with Gasteiger partial charge in [-0.1, -0.05) is 5.16 Å². The lowest BCUT2D eigenvalue weighted by atomic mass is 9.89. The van der Waals surface area contributed by atoms with Gasteiger partial charge in [0.2, 0.25) is 0 Å². The fourth-order valence-electron chi connectivity index (χ4n) is 1.94. The molecule has 5 nitrogen and oxygen atoms in total. The highest BCUT2D eigenvalue weighted by Gasteiger charge is 2.25. The number of nitrogens with zero attached hydrogens (tertiary/aromatic N) is 1. The van der Waals surface area contributed by atoms with Crippen molar-refractivity contribution in [1.29, 1.82) is 0 Å². The molecule has 0 bridgehead atoms. The summed E-state index contributed by atoms with van der Waals surface area (Å²) in [4.78, 5) is 15.7. The summed E-state index contributed by atoms with van der Waals surface area (Å²) in [6.45, 7) is 3.27. The van der Waals surface area contributed by atoms with E-state index in [2.05, 4.69) is 10.5 Å². The highest BCUT2D eigenvalue weighted by atomic mass is 16.6. The molecule has 0 saturated carbocycles. The molecule has 1 aliphatic heterocycles. The van der Waals surface area contributed by atoms with Crippen molar-refractivity contribution in [3.8, 4) is 0 Å². The molecular formula is C11H20N2O3. The van der Waals surface area contributed by atoms with E-state index in [1.807, 2.05) is 6.92 Å². The molecule has 0 amide bonds. The Morgan fingerprint density at radius 1 is 1.69 bits per heavy atom. The van der Waals surface area contributed by atoms with Crippen molar-refractivity contribution >= 4 is 12.2 Å². The first-order chi connectivity index (χ1) is 7.74. The first kappa shape index (κ1) is 13.0. The van der Waals surface area contributed by atoms with Crippen LogP contribution in [0.2, 0.25) is 0 Å². The molecule has 0 aromatic rings. The Morgan fingerprint density at radius 3 is 3.19 bits per heavy atom. The smallest absolute Gasteiger partial charge is 0.320 e. The SMILES string of the molecule is CCON=CCCC1CCNC(C(=O)O)C1. The lowest BCUT2D eigenvalue weighted by Gasteiger charge is -2.27. The number of rotatable bonds is 6. The van der Waals surface area contributed by atoms with Crippen molar-refractivity contribution in [2.24, 2.45) is 11.1 Å². The predicted molar refractivity (Wildman–Crippen MR) is 61.5 cm³/mol. The van der Waals surface area contributed by atoms with E-state index in [0.29, 0.717) is 12.5 Å². The maximum absolute atomic E-state index is 10.8. The number of carbonyl (C=O) groups is 1. The van der Waals surface area contributed by atoms with E-state index >= 15 is 0 Å². The monoisotopic (exact) mass is 228 g/mol. The maximum Gasteiger partial charge on any atom is 0.320 e. The Labute approximate surface area is 95.9 Å². The van der Waals surface area contributed by atoms with Crippen molar-refractivity contribution in [3.63, 3.8) is 0 Å². The number of aliphatic carboxylic acids is 1. The van der Waals surface area contributed by atoms with Crippen molar-refractivity contribution < 1.29 is 14.7 Å². The molecule has 0 aromatic carbocycles. The highest BCUT2D eigenvalue weighted by molar-refractivity contribution is 5.73. The van der Waals surface area contributed by atoms with Gasteiger partial charge in [-0.05, 0) is 45.1 Å². The molecule has 0 aliphatic carbocycles.